The largest absolute Gasteiger partial charge is 0.388 e. The van der Waals surface area contributed by atoms with Crippen molar-refractivity contribution in [3.63, 3.8) is 0 Å². The molecule has 2 rings (SSSR count). The van der Waals surface area contributed by atoms with Crippen LogP contribution in [0.2, 0.25) is 0 Å². The Balaban J connectivity index is 2.39. The number of benzene rings is 1. The topological polar surface area (TPSA) is 63.4 Å². The first-order chi connectivity index (χ1) is 7.58. The molecule has 0 spiro atoms. The normalized spacial score (nSPS) is 19.0. The van der Waals surface area contributed by atoms with Gasteiger partial charge in [-0.25, -0.2) is 4.39 Å². The molecule has 84 valence electrons. The maximum atomic E-state index is 13.5. The van der Waals surface area contributed by atoms with E-state index in [0.717, 1.165) is 11.6 Å². The zero-order chi connectivity index (χ0) is 11.7. The molecule has 0 aliphatic heterocycles. The van der Waals surface area contributed by atoms with Crippen LogP contribution in [0.4, 0.5) is 4.39 Å². The summed E-state index contributed by atoms with van der Waals surface area (Å²) < 4.78 is 13.5. The predicted octanol–water partition coefficient (Wildman–Crippen LogP) is 2.05. The molecule has 0 radical (unpaired) electrons. The summed E-state index contributed by atoms with van der Waals surface area (Å²) in [5.41, 5.74) is 1.64. The summed E-state index contributed by atoms with van der Waals surface area (Å²) in [5, 5.41) is 19.6. The molecule has 0 bridgehead atoms. The quantitative estimate of drug-likeness (QED) is 0.616. The Morgan fingerprint density at radius 2 is 2.31 bits per heavy atom. The number of hydrogen-bond acceptors (Lipinski definition) is 3. The second kappa shape index (κ2) is 4.02. The summed E-state index contributed by atoms with van der Waals surface area (Å²) in [4.78, 5) is 9.49. The van der Waals surface area contributed by atoms with Gasteiger partial charge in [-0.05, 0) is 36.1 Å². The van der Waals surface area contributed by atoms with Crippen molar-refractivity contribution in [2.24, 2.45) is 0 Å². The highest BCUT2D eigenvalue weighted by atomic mass is 19.1. The van der Waals surface area contributed by atoms with Gasteiger partial charge in [0, 0.05) is 11.6 Å². The first kappa shape index (κ1) is 10.8. The summed E-state index contributed by atoms with van der Waals surface area (Å²) in [6.07, 6.45) is 2.47. The van der Waals surface area contributed by atoms with Gasteiger partial charge in [0.05, 0.1) is 11.0 Å². The van der Waals surface area contributed by atoms with E-state index in [9.17, 15) is 19.6 Å². The molecule has 1 N–H and O–H groups in total. The maximum absolute atomic E-state index is 13.5. The summed E-state index contributed by atoms with van der Waals surface area (Å²) in [6, 6.07) is 2.81. The van der Waals surface area contributed by atoms with Gasteiger partial charge in [-0.15, -0.1) is 0 Å². The molecule has 4 nitrogen and oxygen atoms in total. The summed E-state index contributed by atoms with van der Waals surface area (Å²) in [7, 11) is 0. The van der Waals surface area contributed by atoms with Crippen LogP contribution in [0.5, 0.6) is 0 Å². The van der Waals surface area contributed by atoms with Crippen LogP contribution in [-0.4, -0.2) is 10.0 Å². The molecule has 1 aliphatic carbocycles. The Labute approximate surface area is 91.2 Å². The van der Waals surface area contributed by atoms with Gasteiger partial charge >= 0.3 is 0 Å². The lowest BCUT2D eigenvalue weighted by atomic mass is 10.0. The Bertz CT molecular complexity index is 471. The maximum Gasteiger partial charge on any atom is 0.235 e. The zero-order valence-corrected chi connectivity index (χ0v) is 8.39. The van der Waals surface area contributed by atoms with Crippen molar-refractivity contribution in [3.05, 3.63) is 51.0 Å². The van der Waals surface area contributed by atoms with Crippen LogP contribution in [0.25, 0.3) is 6.08 Å². The van der Waals surface area contributed by atoms with E-state index in [-0.39, 0.29) is 5.56 Å². The van der Waals surface area contributed by atoms with Crippen molar-refractivity contribution in [2.45, 2.75) is 18.9 Å². The van der Waals surface area contributed by atoms with E-state index in [1.54, 1.807) is 6.07 Å². The molecule has 0 heterocycles. The minimum atomic E-state index is -0.637. The minimum absolute atomic E-state index is 0.185. The number of aliphatic hydroxyl groups excluding tert-OH is 1. The standard InChI is InChI=1S/C11H10FNO3/c12-10-6-9-7(1-2-11(9)14)5-8(10)3-4-13(15)16/h3-6,11,14H,1-2H2. The summed E-state index contributed by atoms with van der Waals surface area (Å²) in [6.45, 7) is 0. The highest BCUT2D eigenvalue weighted by molar-refractivity contribution is 5.53. The molecule has 0 saturated heterocycles. The summed E-state index contributed by atoms with van der Waals surface area (Å²) >= 11 is 0. The van der Waals surface area contributed by atoms with Crippen LogP contribution >= 0.6 is 0 Å². The molecule has 5 heteroatoms. The minimum Gasteiger partial charge on any atom is -0.388 e. The lowest BCUT2D eigenvalue weighted by molar-refractivity contribution is -0.400. The van der Waals surface area contributed by atoms with E-state index < -0.39 is 16.8 Å². The highest BCUT2D eigenvalue weighted by Gasteiger charge is 2.21. The molecule has 0 aromatic heterocycles. The molecular weight excluding hydrogens is 213 g/mol. The fraction of sp³-hybridized carbons (Fsp3) is 0.273. The molecular formula is C11H10FNO3. The van der Waals surface area contributed by atoms with Crippen molar-refractivity contribution in [1.29, 1.82) is 0 Å². The van der Waals surface area contributed by atoms with Crippen molar-refractivity contribution in [3.8, 4) is 0 Å². The Hall–Kier alpha value is -1.75. The summed E-state index contributed by atoms with van der Waals surface area (Å²) in [5.74, 6) is -0.544. The van der Waals surface area contributed by atoms with Gasteiger partial charge in [0.15, 0.2) is 0 Å². The van der Waals surface area contributed by atoms with Gasteiger partial charge in [-0.2, -0.15) is 0 Å². The van der Waals surface area contributed by atoms with Crippen LogP contribution in [0.1, 0.15) is 29.2 Å². The predicted molar refractivity (Wildman–Crippen MR) is 55.7 cm³/mol. The van der Waals surface area contributed by atoms with E-state index in [0.29, 0.717) is 24.6 Å². The molecule has 0 saturated carbocycles. The Morgan fingerprint density at radius 3 is 3.00 bits per heavy atom. The van der Waals surface area contributed by atoms with E-state index in [4.69, 9.17) is 0 Å². The molecule has 16 heavy (non-hydrogen) atoms. The molecule has 1 atom stereocenters. The van der Waals surface area contributed by atoms with Crippen molar-refractivity contribution < 1.29 is 14.4 Å². The fourth-order valence-electron chi connectivity index (χ4n) is 1.90. The third-order valence-corrected chi connectivity index (χ3v) is 2.68. The number of aliphatic hydroxyl groups is 1. The monoisotopic (exact) mass is 223 g/mol. The first-order valence-electron chi connectivity index (χ1n) is 4.90. The first-order valence-corrected chi connectivity index (χ1v) is 4.90. The van der Waals surface area contributed by atoms with Crippen LogP contribution in [-0.2, 0) is 6.42 Å². The zero-order valence-electron chi connectivity index (χ0n) is 8.39. The van der Waals surface area contributed by atoms with Crippen LogP contribution < -0.4 is 0 Å². The third kappa shape index (κ3) is 1.94. The second-order valence-corrected chi connectivity index (χ2v) is 3.73. The fourth-order valence-corrected chi connectivity index (χ4v) is 1.90. The van der Waals surface area contributed by atoms with E-state index >= 15 is 0 Å². The van der Waals surface area contributed by atoms with Gasteiger partial charge in [0.2, 0.25) is 6.20 Å². The third-order valence-electron chi connectivity index (χ3n) is 2.68. The van der Waals surface area contributed by atoms with Gasteiger partial charge < -0.3 is 5.11 Å². The lowest BCUT2D eigenvalue weighted by Crippen LogP contribution is -1.94. The molecule has 1 aromatic rings. The molecule has 0 amide bonds. The van der Waals surface area contributed by atoms with Crippen molar-refractivity contribution >= 4 is 6.08 Å². The van der Waals surface area contributed by atoms with Gasteiger partial charge in [-0.1, -0.05) is 0 Å². The second-order valence-electron chi connectivity index (χ2n) is 3.73. The lowest BCUT2D eigenvalue weighted by Gasteiger charge is -2.05. The number of rotatable bonds is 2. The number of nitro groups is 1. The van der Waals surface area contributed by atoms with Crippen LogP contribution in [0, 0.1) is 15.9 Å². The number of hydrogen-bond donors (Lipinski definition) is 1. The van der Waals surface area contributed by atoms with Gasteiger partial charge in [0.1, 0.15) is 5.82 Å². The van der Waals surface area contributed by atoms with Crippen molar-refractivity contribution in [1.82, 2.24) is 0 Å². The van der Waals surface area contributed by atoms with Gasteiger partial charge in [-0.3, -0.25) is 10.1 Å². The van der Waals surface area contributed by atoms with E-state index in [2.05, 4.69) is 0 Å². The Morgan fingerprint density at radius 1 is 1.56 bits per heavy atom. The highest BCUT2D eigenvalue weighted by Crippen LogP contribution is 2.32. The van der Waals surface area contributed by atoms with Crippen molar-refractivity contribution in [2.75, 3.05) is 0 Å². The van der Waals surface area contributed by atoms with Gasteiger partial charge in [0.25, 0.3) is 0 Å². The number of nitrogens with zero attached hydrogens (tertiary/aromatic N) is 1. The molecule has 1 unspecified atom stereocenters. The molecule has 1 aliphatic rings. The molecule has 1 aromatic carbocycles. The van der Waals surface area contributed by atoms with Crippen LogP contribution in [0.15, 0.2) is 18.3 Å². The average molecular weight is 223 g/mol. The number of aryl methyl sites for hydroxylation is 1. The van der Waals surface area contributed by atoms with Crippen LogP contribution in [0.3, 0.4) is 0 Å². The smallest absolute Gasteiger partial charge is 0.235 e. The van der Waals surface area contributed by atoms with E-state index in [1.165, 1.54) is 6.07 Å². The SMILES string of the molecule is O=[N+]([O-])C=Cc1cc2c(cc1F)C(O)CC2. The molecule has 0 fully saturated rings. The average Bonchev–Trinajstić information content (AvgIpc) is 2.57. The number of fused-ring (bicyclic) bond motifs is 1. The number of halogens is 1. The Kier molecular flexibility index (Phi) is 2.70. The van der Waals surface area contributed by atoms with E-state index in [1.807, 2.05) is 0 Å².